The molecule has 0 aliphatic carbocycles. The van der Waals surface area contributed by atoms with Crippen LogP contribution in [0, 0.1) is 5.41 Å². The van der Waals surface area contributed by atoms with Crippen LogP contribution >= 0.6 is 0 Å². The Morgan fingerprint density at radius 2 is 1.90 bits per heavy atom. The fourth-order valence-corrected chi connectivity index (χ4v) is 2.23. The van der Waals surface area contributed by atoms with E-state index in [2.05, 4.69) is 0 Å². The SMILES string of the molecule is CCCC(C/C=C/c1ccccc1)(C(=O)O)C(=O)OCC. The number of carbonyl (C=O) groups excluding carboxylic acids is 1. The van der Waals surface area contributed by atoms with E-state index in [1.54, 1.807) is 13.0 Å². The van der Waals surface area contributed by atoms with Crippen LogP contribution in [0.5, 0.6) is 0 Å². The smallest absolute Gasteiger partial charge is 0.323 e. The van der Waals surface area contributed by atoms with E-state index in [9.17, 15) is 14.7 Å². The standard InChI is InChI=1S/C17H22O4/c1-3-12-17(15(18)19,16(20)21-4-2)13-8-11-14-9-6-5-7-10-14/h5-11H,3-4,12-13H2,1-2H3,(H,18,19)/b11-8+. The van der Waals surface area contributed by atoms with Crippen LogP contribution in [0.2, 0.25) is 0 Å². The van der Waals surface area contributed by atoms with Crippen molar-refractivity contribution in [2.24, 2.45) is 5.41 Å². The van der Waals surface area contributed by atoms with E-state index in [1.165, 1.54) is 0 Å². The summed E-state index contributed by atoms with van der Waals surface area (Å²) in [6.07, 6.45) is 4.55. The van der Waals surface area contributed by atoms with E-state index in [1.807, 2.05) is 43.3 Å². The van der Waals surface area contributed by atoms with Crippen LogP contribution < -0.4 is 0 Å². The number of carbonyl (C=O) groups is 2. The molecule has 4 heteroatoms. The summed E-state index contributed by atoms with van der Waals surface area (Å²) < 4.78 is 4.97. The highest BCUT2D eigenvalue weighted by Gasteiger charge is 2.45. The highest BCUT2D eigenvalue weighted by molar-refractivity contribution is 5.99. The maximum Gasteiger partial charge on any atom is 0.323 e. The number of benzene rings is 1. The van der Waals surface area contributed by atoms with Crippen molar-refractivity contribution in [3.05, 3.63) is 42.0 Å². The number of hydrogen-bond acceptors (Lipinski definition) is 3. The molecule has 0 spiro atoms. The number of aliphatic carboxylic acids is 1. The van der Waals surface area contributed by atoms with Gasteiger partial charge in [-0.3, -0.25) is 9.59 Å². The number of rotatable bonds is 8. The lowest BCUT2D eigenvalue weighted by Crippen LogP contribution is -2.40. The third-order valence-electron chi connectivity index (χ3n) is 3.33. The van der Waals surface area contributed by atoms with Gasteiger partial charge in [-0.25, -0.2) is 0 Å². The van der Waals surface area contributed by atoms with Crippen molar-refractivity contribution in [1.82, 2.24) is 0 Å². The van der Waals surface area contributed by atoms with E-state index in [4.69, 9.17) is 4.74 Å². The lowest BCUT2D eigenvalue weighted by atomic mass is 9.80. The third kappa shape index (κ3) is 4.45. The molecule has 0 aliphatic rings. The maximum atomic E-state index is 12.1. The Labute approximate surface area is 125 Å². The monoisotopic (exact) mass is 290 g/mol. The minimum absolute atomic E-state index is 0.129. The Balaban J connectivity index is 2.93. The number of allylic oxidation sites excluding steroid dienone is 1. The minimum Gasteiger partial charge on any atom is -0.480 e. The molecular formula is C17H22O4. The van der Waals surface area contributed by atoms with Gasteiger partial charge in [-0.05, 0) is 25.3 Å². The van der Waals surface area contributed by atoms with Crippen LogP contribution in [0.1, 0.15) is 38.7 Å². The van der Waals surface area contributed by atoms with Crippen molar-refractivity contribution >= 4 is 18.0 Å². The molecule has 0 fully saturated rings. The maximum absolute atomic E-state index is 12.1. The van der Waals surface area contributed by atoms with Crippen molar-refractivity contribution in [3.8, 4) is 0 Å². The number of ether oxygens (including phenoxy) is 1. The fraction of sp³-hybridized carbons (Fsp3) is 0.412. The largest absolute Gasteiger partial charge is 0.480 e. The van der Waals surface area contributed by atoms with E-state index in [0.717, 1.165) is 5.56 Å². The number of esters is 1. The van der Waals surface area contributed by atoms with Gasteiger partial charge in [0.1, 0.15) is 0 Å². The molecule has 1 rings (SSSR count). The average molecular weight is 290 g/mol. The molecule has 1 aromatic rings. The van der Waals surface area contributed by atoms with E-state index in [-0.39, 0.29) is 19.4 Å². The highest BCUT2D eigenvalue weighted by atomic mass is 16.5. The quantitative estimate of drug-likeness (QED) is 0.587. The van der Waals surface area contributed by atoms with Gasteiger partial charge < -0.3 is 9.84 Å². The van der Waals surface area contributed by atoms with Gasteiger partial charge in [0.2, 0.25) is 0 Å². The van der Waals surface area contributed by atoms with Gasteiger partial charge in [0, 0.05) is 0 Å². The molecule has 21 heavy (non-hydrogen) atoms. The van der Waals surface area contributed by atoms with Crippen molar-refractivity contribution < 1.29 is 19.4 Å². The second-order valence-corrected chi connectivity index (χ2v) is 4.87. The van der Waals surface area contributed by atoms with Crippen LogP contribution in [0.3, 0.4) is 0 Å². The van der Waals surface area contributed by atoms with Gasteiger partial charge in [-0.1, -0.05) is 55.8 Å². The average Bonchev–Trinajstić information content (AvgIpc) is 2.47. The Kier molecular flexibility index (Phi) is 6.66. The molecule has 0 amide bonds. The molecular weight excluding hydrogens is 268 g/mol. The van der Waals surface area contributed by atoms with Crippen molar-refractivity contribution in [3.63, 3.8) is 0 Å². The molecule has 0 heterocycles. The normalized spacial score (nSPS) is 13.8. The predicted molar refractivity (Wildman–Crippen MR) is 81.7 cm³/mol. The summed E-state index contributed by atoms with van der Waals surface area (Å²) in [5, 5.41) is 9.51. The Hall–Kier alpha value is -2.10. The zero-order valence-corrected chi connectivity index (χ0v) is 12.5. The van der Waals surface area contributed by atoms with Crippen molar-refractivity contribution in [2.75, 3.05) is 6.61 Å². The van der Waals surface area contributed by atoms with E-state index in [0.29, 0.717) is 6.42 Å². The molecule has 114 valence electrons. The zero-order valence-electron chi connectivity index (χ0n) is 12.5. The van der Waals surface area contributed by atoms with Crippen LogP contribution in [-0.2, 0) is 14.3 Å². The highest BCUT2D eigenvalue weighted by Crippen LogP contribution is 2.31. The van der Waals surface area contributed by atoms with E-state index < -0.39 is 17.4 Å². The number of carboxylic acid groups (broad SMARTS) is 1. The van der Waals surface area contributed by atoms with Crippen LogP contribution in [0.4, 0.5) is 0 Å². The lowest BCUT2D eigenvalue weighted by Gasteiger charge is -2.25. The minimum atomic E-state index is -1.49. The van der Waals surface area contributed by atoms with Crippen LogP contribution in [0.15, 0.2) is 36.4 Å². The first-order valence-electron chi connectivity index (χ1n) is 7.19. The first-order chi connectivity index (χ1) is 10.1. The topological polar surface area (TPSA) is 63.6 Å². The van der Waals surface area contributed by atoms with Gasteiger partial charge in [-0.2, -0.15) is 0 Å². The molecule has 0 saturated carbocycles. The molecule has 1 N–H and O–H groups in total. The molecule has 0 saturated heterocycles. The summed E-state index contributed by atoms with van der Waals surface area (Å²) in [6, 6.07) is 9.56. The molecule has 0 radical (unpaired) electrons. The molecule has 0 bridgehead atoms. The Bertz CT molecular complexity index is 493. The Morgan fingerprint density at radius 1 is 1.24 bits per heavy atom. The predicted octanol–water partition coefficient (Wildman–Crippen LogP) is 3.52. The Morgan fingerprint density at radius 3 is 2.43 bits per heavy atom. The second kappa shape index (κ2) is 8.25. The van der Waals surface area contributed by atoms with Gasteiger partial charge in [0.15, 0.2) is 5.41 Å². The molecule has 1 unspecified atom stereocenters. The summed E-state index contributed by atoms with van der Waals surface area (Å²) in [5.74, 6) is -1.78. The van der Waals surface area contributed by atoms with Gasteiger partial charge in [0.05, 0.1) is 6.61 Å². The lowest BCUT2D eigenvalue weighted by molar-refractivity contribution is -0.169. The first-order valence-corrected chi connectivity index (χ1v) is 7.19. The van der Waals surface area contributed by atoms with Crippen molar-refractivity contribution in [2.45, 2.75) is 33.1 Å². The van der Waals surface area contributed by atoms with Crippen LogP contribution in [-0.4, -0.2) is 23.7 Å². The summed E-state index contributed by atoms with van der Waals surface area (Å²) in [6.45, 7) is 3.72. The summed E-state index contributed by atoms with van der Waals surface area (Å²) in [7, 11) is 0. The third-order valence-corrected chi connectivity index (χ3v) is 3.33. The molecule has 1 aromatic carbocycles. The van der Waals surface area contributed by atoms with Crippen molar-refractivity contribution in [1.29, 1.82) is 0 Å². The first kappa shape index (κ1) is 17.0. The summed E-state index contributed by atoms with van der Waals surface area (Å²) in [4.78, 5) is 23.7. The van der Waals surface area contributed by atoms with Crippen LogP contribution in [0.25, 0.3) is 6.08 Å². The number of hydrogen-bond donors (Lipinski definition) is 1. The van der Waals surface area contributed by atoms with Gasteiger partial charge >= 0.3 is 11.9 Å². The molecule has 4 nitrogen and oxygen atoms in total. The molecule has 1 atom stereocenters. The zero-order chi connectivity index (χ0) is 15.7. The summed E-state index contributed by atoms with van der Waals surface area (Å²) in [5.41, 5.74) is -0.520. The van der Waals surface area contributed by atoms with Gasteiger partial charge in [0.25, 0.3) is 0 Å². The fourth-order valence-electron chi connectivity index (χ4n) is 2.23. The molecule has 0 aliphatic heterocycles. The van der Waals surface area contributed by atoms with Gasteiger partial charge in [-0.15, -0.1) is 0 Å². The molecule has 0 aromatic heterocycles. The second-order valence-electron chi connectivity index (χ2n) is 4.87. The number of carboxylic acids is 1. The summed E-state index contributed by atoms with van der Waals surface area (Å²) >= 11 is 0. The van der Waals surface area contributed by atoms with E-state index >= 15 is 0 Å².